The number of benzene rings is 2. The van der Waals surface area contributed by atoms with Gasteiger partial charge in [0.05, 0.1) is 5.39 Å². The molecule has 0 unspecified atom stereocenters. The Morgan fingerprint density at radius 2 is 2.04 bits per heavy atom. The highest BCUT2D eigenvalue weighted by molar-refractivity contribution is 5.78. The normalized spacial score (nSPS) is 10.8. The summed E-state index contributed by atoms with van der Waals surface area (Å²) in [6, 6.07) is 11.4. The third-order valence-corrected chi connectivity index (χ3v) is 3.63. The van der Waals surface area contributed by atoms with Gasteiger partial charge in [-0.2, -0.15) is 0 Å². The highest BCUT2D eigenvalue weighted by atomic mass is 19.1. The molecule has 3 aromatic rings. The minimum atomic E-state index is -0.372. The number of rotatable bonds is 4. The second-order valence-corrected chi connectivity index (χ2v) is 5.43. The van der Waals surface area contributed by atoms with Crippen LogP contribution < -0.4 is 10.9 Å². The van der Waals surface area contributed by atoms with Crippen LogP contribution in [-0.4, -0.2) is 20.9 Å². The molecule has 0 spiro atoms. The number of carbonyl (C=O) groups excluding carboxylic acids is 1. The molecule has 1 aromatic heterocycles. The Balaban J connectivity index is 1.70. The molecule has 0 radical (unpaired) electrons. The number of nitrogens with zero attached hydrogens (tertiary/aromatic N) is 3. The minimum Gasteiger partial charge on any atom is -0.350 e. The van der Waals surface area contributed by atoms with Gasteiger partial charge in [-0.05, 0) is 36.2 Å². The van der Waals surface area contributed by atoms with Crippen LogP contribution in [0.2, 0.25) is 0 Å². The van der Waals surface area contributed by atoms with Crippen LogP contribution in [0.4, 0.5) is 4.39 Å². The van der Waals surface area contributed by atoms with Crippen LogP contribution in [0, 0.1) is 12.7 Å². The van der Waals surface area contributed by atoms with E-state index in [1.165, 1.54) is 6.07 Å². The van der Waals surface area contributed by atoms with Gasteiger partial charge < -0.3 is 5.32 Å². The number of aryl methyl sites for hydroxylation is 1. The molecule has 0 fully saturated rings. The molecule has 7 heteroatoms. The fraction of sp³-hybridized carbons (Fsp3) is 0.176. The largest absolute Gasteiger partial charge is 0.350 e. The first-order valence-electron chi connectivity index (χ1n) is 7.39. The molecule has 0 aliphatic carbocycles. The SMILES string of the molecule is Cc1cc(CNC(=O)Cn2nnc3ccccc3c2=O)ccc1F. The van der Waals surface area contributed by atoms with E-state index in [9.17, 15) is 14.0 Å². The van der Waals surface area contributed by atoms with Gasteiger partial charge in [0.25, 0.3) is 5.56 Å². The topological polar surface area (TPSA) is 76.9 Å². The van der Waals surface area contributed by atoms with E-state index in [2.05, 4.69) is 15.6 Å². The Bertz CT molecular complexity index is 968. The van der Waals surface area contributed by atoms with E-state index >= 15 is 0 Å². The lowest BCUT2D eigenvalue weighted by Crippen LogP contribution is -2.34. The van der Waals surface area contributed by atoms with Crippen LogP contribution in [0.3, 0.4) is 0 Å². The standard InChI is InChI=1S/C17H15FN4O2/c1-11-8-12(6-7-14(11)18)9-19-16(23)10-22-17(24)13-4-2-3-5-15(13)20-21-22/h2-8H,9-10H2,1H3,(H,19,23). The summed E-state index contributed by atoms with van der Waals surface area (Å²) in [6.07, 6.45) is 0. The molecular weight excluding hydrogens is 311 g/mol. The molecule has 1 heterocycles. The zero-order valence-electron chi connectivity index (χ0n) is 13.0. The fourth-order valence-electron chi connectivity index (χ4n) is 2.34. The number of fused-ring (bicyclic) bond motifs is 1. The highest BCUT2D eigenvalue weighted by Gasteiger charge is 2.09. The van der Waals surface area contributed by atoms with Crippen LogP contribution >= 0.6 is 0 Å². The number of carbonyl (C=O) groups is 1. The average molecular weight is 326 g/mol. The quantitative estimate of drug-likeness (QED) is 0.789. The van der Waals surface area contributed by atoms with E-state index in [0.29, 0.717) is 16.5 Å². The number of halogens is 1. The van der Waals surface area contributed by atoms with Crippen LogP contribution in [0.1, 0.15) is 11.1 Å². The molecule has 2 aromatic carbocycles. The van der Waals surface area contributed by atoms with E-state index < -0.39 is 0 Å². The zero-order valence-corrected chi connectivity index (χ0v) is 13.0. The number of amides is 1. The maximum Gasteiger partial charge on any atom is 0.278 e. The van der Waals surface area contributed by atoms with E-state index in [1.54, 1.807) is 43.3 Å². The van der Waals surface area contributed by atoms with Gasteiger partial charge in [-0.15, -0.1) is 5.10 Å². The summed E-state index contributed by atoms with van der Waals surface area (Å²) in [4.78, 5) is 24.3. The van der Waals surface area contributed by atoms with Crippen LogP contribution in [0.25, 0.3) is 10.9 Å². The van der Waals surface area contributed by atoms with Crippen molar-refractivity contribution in [2.75, 3.05) is 0 Å². The lowest BCUT2D eigenvalue weighted by molar-refractivity contribution is -0.122. The average Bonchev–Trinajstić information content (AvgIpc) is 2.59. The fourth-order valence-corrected chi connectivity index (χ4v) is 2.34. The first-order valence-corrected chi connectivity index (χ1v) is 7.39. The molecule has 122 valence electrons. The van der Waals surface area contributed by atoms with Crippen molar-refractivity contribution < 1.29 is 9.18 Å². The van der Waals surface area contributed by atoms with Crippen molar-refractivity contribution in [1.82, 2.24) is 20.3 Å². The molecule has 0 aliphatic heterocycles. The van der Waals surface area contributed by atoms with Gasteiger partial charge in [0, 0.05) is 6.54 Å². The van der Waals surface area contributed by atoms with Crippen molar-refractivity contribution in [3.8, 4) is 0 Å². The summed E-state index contributed by atoms with van der Waals surface area (Å²) >= 11 is 0. The molecular formula is C17H15FN4O2. The molecule has 0 atom stereocenters. The van der Waals surface area contributed by atoms with Gasteiger partial charge in [0.1, 0.15) is 17.9 Å². The summed E-state index contributed by atoms with van der Waals surface area (Å²) in [5.41, 5.74) is 1.41. The lowest BCUT2D eigenvalue weighted by Gasteiger charge is -2.08. The summed E-state index contributed by atoms with van der Waals surface area (Å²) in [7, 11) is 0. The Labute approximate surface area is 136 Å². The van der Waals surface area contributed by atoms with E-state index in [1.807, 2.05) is 0 Å². The Morgan fingerprint density at radius 3 is 2.83 bits per heavy atom. The molecule has 0 saturated carbocycles. The molecule has 1 N–H and O–H groups in total. The smallest absolute Gasteiger partial charge is 0.278 e. The van der Waals surface area contributed by atoms with Gasteiger partial charge in [-0.3, -0.25) is 9.59 Å². The number of hydrogen-bond acceptors (Lipinski definition) is 4. The van der Waals surface area contributed by atoms with E-state index in [0.717, 1.165) is 10.2 Å². The summed E-state index contributed by atoms with van der Waals surface area (Å²) in [5, 5.41) is 10.8. The molecule has 3 rings (SSSR count). The zero-order chi connectivity index (χ0) is 17.1. The number of aromatic nitrogens is 3. The predicted octanol–water partition coefficient (Wildman–Crippen LogP) is 1.56. The van der Waals surface area contributed by atoms with Gasteiger partial charge >= 0.3 is 0 Å². The molecule has 0 bridgehead atoms. The Kier molecular flexibility index (Phi) is 4.33. The van der Waals surface area contributed by atoms with E-state index in [4.69, 9.17) is 0 Å². The Morgan fingerprint density at radius 1 is 1.25 bits per heavy atom. The first kappa shape index (κ1) is 15.8. The van der Waals surface area contributed by atoms with Crippen LogP contribution in [0.15, 0.2) is 47.3 Å². The summed E-state index contributed by atoms with van der Waals surface area (Å²) in [5.74, 6) is -0.660. The molecule has 1 amide bonds. The number of hydrogen-bond donors (Lipinski definition) is 1. The van der Waals surface area contributed by atoms with Crippen molar-refractivity contribution in [2.45, 2.75) is 20.0 Å². The van der Waals surface area contributed by atoms with Crippen molar-refractivity contribution in [2.24, 2.45) is 0 Å². The summed E-state index contributed by atoms with van der Waals surface area (Å²) < 4.78 is 14.2. The Hall–Kier alpha value is -3.09. The van der Waals surface area contributed by atoms with Gasteiger partial charge in [0.2, 0.25) is 5.91 Å². The van der Waals surface area contributed by atoms with Crippen molar-refractivity contribution >= 4 is 16.8 Å². The lowest BCUT2D eigenvalue weighted by atomic mass is 10.1. The van der Waals surface area contributed by atoms with Gasteiger partial charge in [-0.1, -0.05) is 29.5 Å². The second kappa shape index (κ2) is 6.57. The molecule has 6 nitrogen and oxygen atoms in total. The van der Waals surface area contributed by atoms with Crippen molar-refractivity contribution in [3.05, 3.63) is 69.8 Å². The molecule has 0 aliphatic rings. The maximum atomic E-state index is 13.2. The molecule has 24 heavy (non-hydrogen) atoms. The second-order valence-electron chi connectivity index (χ2n) is 5.43. The van der Waals surface area contributed by atoms with E-state index in [-0.39, 0.29) is 30.4 Å². The first-order chi connectivity index (χ1) is 11.5. The predicted molar refractivity (Wildman–Crippen MR) is 86.8 cm³/mol. The minimum absolute atomic E-state index is 0.225. The monoisotopic (exact) mass is 326 g/mol. The van der Waals surface area contributed by atoms with Gasteiger partial charge in [-0.25, -0.2) is 9.07 Å². The van der Waals surface area contributed by atoms with Crippen LogP contribution in [0.5, 0.6) is 0 Å². The molecule has 0 saturated heterocycles. The third kappa shape index (κ3) is 3.29. The number of nitrogens with one attached hydrogen (secondary N) is 1. The highest BCUT2D eigenvalue weighted by Crippen LogP contribution is 2.09. The van der Waals surface area contributed by atoms with Crippen molar-refractivity contribution in [3.63, 3.8) is 0 Å². The summed E-state index contributed by atoms with van der Waals surface area (Å²) in [6.45, 7) is 1.68. The third-order valence-electron chi connectivity index (χ3n) is 3.63. The van der Waals surface area contributed by atoms with Gasteiger partial charge in [0.15, 0.2) is 0 Å². The van der Waals surface area contributed by atoms with Crippen LogP contribution in [-0.2, 0) is 17.9 Å². The van der Waals surface area contributed by atoms with Crippen molar-refractivity contribution in [1.29, 1.82) is 0 Å². The maximum absolute atomic E-state index is 13.2.